The first-order valence-electron chi connectivity index (χ1n) is 12.9. The number of unbranched alkanes of at least 4 members (excludes halogenated alkanes) is 1. The summed E-state index contributed by atoms with van der Waals surface area (Å²) < 4.78 is 6.27. The topological polar surface area (TPSA) is 111 Å². The van der Waals surface area contributed by atoms with Gasteiger partial charge < -0.3 is 29.6 Å². The molecule has 2 bridgehead atoms. The second kappa shape index (κ2) is 10.6. The fourth-order valence-corrected chi connectivity index (χ4v) is 6.38. The highest BCUT2D eigenvalue weighted by atomic mass is 16.5. The van der Waals surface area contributed by atoms with Crippen LogP contribution >= 0.6 is 0 Å². The van der Waals surface area contributed by atoms with Crippen molar-refractivity contribution in [1.82, 2.24) is 4.90 Å². The molecule has 3 fully saturated rings. The van der Waals surface area contributed by atoms with Crippen molar-refractivity contribution in [1.29, 1.82) is 0 Å². The fourth-order valence-electron chi connectivity index (χ4n) is 6.38. The molecule has 1 spiro atoms. The number of anilines is 2. The SMILES string of the molecule is C=CCN(C(=O)C1N(CCCCO)C(=O)[C@@H]2[C@@H](C(=O)O)[C@H]3CCC12O3)c1ccc(N(CC)CC)cc1. The van der Waals surface area contributed by atoms with Gasteiger partial charge in [-0.1, -0.05) is 6.08 Å². The highest BCUT2D eigenvalue weighted by molar-refractivity contribution is 6.04. The van der Waals surface area contributed by atoms with Crippen LogP contribution in [0.5, 0.6) is 0 Å². The van der Waals surface area contributed by atoms with E-state index in [4.69, 9.17) is 4.74 Å². The molecule has 3 aliphatic rings. The largest absolute Gasteiger partial charge is 0.481 e. The first-order chi connectivity index (χ1) is 17.3. The van der Waals surface area contributed by atoms with Crippen molar-refractivity contribution in [2.45, 2.75) is 57.3 Å². The number of amides is 2. The lowest BCUT2D eigenvalue weighted by Crippen LogP contribution is -2.56. The van der Waals surface area contributed by atoms with E-state index in [1.807, 2.05) is 24.3 Å². The molecule has 196 valence electrons. The third-order valence-electron chi connectivity index (χ3n) is 7.99. The first-order valence-corrected chi connectivity index (χ1v) is 12.9. The molecule has 1 aromatic carbocycles. The molecular formula is C27H37N3O6. The maximum Gasteiger partial charge on any atom is 0.310 e. The minimum Gasteiger partial charge on any atom is -0.481 e. The number of hydrogen-bond acceptors (Lipinski definition) is 6. The van der Waals surface area contributed by atoms with Crippen LogP contribution < -0.4 is 9.80 Å². The van der Waals surface area contributed by atoms with E-state index in [1.165, 1.54) is 4.90 Å². The monoisotopic (exact) mass is 499 g/mol. The number of fused-ring (bicyclic) bond motifs is 1. The molecule has 2 amide bonds. The molecule has 9 heteroatoms. The van der Waals surface area contributed by atoms with Crippen LogP contribution in [0.2, 0.25) is 0 Å². The summed E-state index contributed by atoms with van der Waals surface area (Å²) in [5, 5.41) is 19.2. The van der Waals surface area contributed by atoms with Gasteiger partial charge in [-0.15, -0.1) is 6.58 Å². The van der Waals surface area contributed by atoms with Crippen LogP contribution in [0.4, 0.5) is 11.4 Å². The molecule has 1 aromatic rings. The maximum absolute atomic E-state index is 14.3. The number of rotatable bonds is 12. The molecule has 0 radical (unpaired) electrons. The first kappa shape index (κ1) is 26.2. The Kier molecular flexibility index (Phi) is 7.70. The number of aliphatic carboxylic acids is 1. The van der Waals surface area contributed by atoms with Crippen LogP contribution in [0.15, 0.2) is 36.9 Å². The fraction of sp³-hybridized carbons (Fsp3) is 0.593. The Morgan fingerprint density at radius 3 is 2.44 bits per heavy atom. The zero-order valence-corrected chi connectivity index (χ0v) is 21.1. The quantitative estimate of drug-likeness (QED) is 0.335. The highest BCUT2D eigenvalue weighted by Gasteiger charge is 2.74. The van der Waals surface area contributed by atoms with Crippen LogP contribution in [0.3, 0.4) is 0 Å². The molecule has 36 heavy (non-hydrogen) atoms. The third-order valence-corrected chi connectivity index (χ3v) is 7.99. The Balaban J connectivity index is 1.71. The van der Waals surface area contributed by atoms with E-state index in [-0.39, 0.29) is 31.5 Å². The number of likely N-dealkylation sites (tertiary alicyclic amines) is 1. The summed E-state index contributed by atoms with van der Waals surface area (Å²) in [6, 6.07) is 6.81. The Morgan fingerprint density at radius 2 is 1.86 bits per heavy atom. The summed E-state index contributed by atoms with van der Waals surface area (Å²) >= 11 is 0. The van der Waals surface area contributed by atoms with Gasteiger partial charge in [0.25, 0.3) is 5.91 Å². The van der Waals surface area contributed by atoms with Crippen molar-refractivity contribution in [3.8, 4) is 0 Å². The number of carboxylic acids is 1. The van der Waals surface area contributed by atoms with E-state index >= 15 is 0 Å². The van der Waals surface area contributed by atoms with E-state index in [2.05, 4.69) is 25.3 Å². The minimum atomic E-state index is -1.15. The average molecular weight is 500 g/mol. The van der Waals surface area contributed by atoms with E-state index < -0.39 is 35.6 Å². The predicted molar refractivity (Wildman–Crippen MR) is 136 cm³/mol. The lowest BCUT2D eigenvalue weighted by atomic mass is 9.70. The summed E-state index contributed by atoms with van der Waals surface area (Å²) in [6.45, 7) is 10.2. The molecule has 0 saturated carbocycles. The number of carbonyl (C=O) groups is 3. The number of carbonyl (C=O) groups excluding carboxylic acids is 2. The standard InChI is InChI=1S/C27H37N3O6/c1-4-15-29(19-11-9-18(10-12-19)28(5-2)6-3)25(33)23-27-14-13-20(36-27)21(26(34)35)22(27)24(32)30(23)16-7-8-17-31/h4,9-12,20-23,31H,1,5-8,13-17H2,2-3H3,(H,34,35)/t20-,21+,22+,23?,27?/m1/s1. The van der Waals surface area contributed by atoms with Crippen molar-refractivity contribution in [2.75, 3.05) is 42.6 Å². The average Bonchev–Trinajstić information content (AvgIpc) is 3.51. The van der Waals surface area contributed by atoms with Crippen molar-refractivity contribution in [2.24, 2.45) is 11.8 Å². The molecule has 3 heterocycles. The summed E-state index contributed by atoms with van der Waals surface area (Å²) in [5.74, 6) is -3.52. The predicted octanol–water partition coefficient (Wildman–Crippen LogP) is 2.28. The Bertz CT molecular complexity index is 994. The van der Waals surface area contributed by atoms with Gasteiger partial charge in [0.2, 0.25) is 5.91 Å². The van der Waals surface area contributed by atoms with Crippen LogP contribution in [0.1, 0.15) is 39.5 Å². The molecular weight excluding hydrogens is 462 g/mol. The Hall–Kier alpha value is -2.91. The van der Waals surface area contributed by atoms with Crippen molar-refractivity contribution in [3.63, 3.8) is 0 Å². The van der Waals surface area contributed by atoms with Crippen LogP contribution in [0.25, 0.3) is 0 Å². The summed E-state index contributed by atoms with van der Waals surface area (Å²) in [7, 11) is 0. The van der Waals surface area contributed by atoms with Crippen molar-refractivity contribution < 1.29 is 29.3 Å². The van der Waals surface area contributed by atoms with Gasteiger partial charge >= 0.3 is 5.97 Å². The maximum atomic E-state index is 14.3. The highest BCUT2D eigenvalue weighted by Crippen LogP contribution is 2.58. The molecule has 3 saturated heterocycles. The van der Waals surface area contributed by atoms with Gasteiger partial charge in [-0.2, -0.15) is 0 Å². The number of nitrogens with zero attached hydrogens (tertiary/aromatic N) is 3. The number of carboxylic acid groups (broad SMARTS) is 1. The van der Waals surface area contributed by atoms with Crippen molar-refractivity contribution >= 4 is 29.2 Å². The van der Waals surface area contributed by atoms with Gasteiger partial charge in [0, 0.05) is 44.2 Å². The smallest absolute Gasteiger partial charge is 0.310 e. The van der Waals surface area contributed by atoms with Gasteiger partial charge in [-0.25, -0.2) is 0 Å². The molecule has 0 aromatic heterocycles. The summed E-state index contributed by atoms with van der Waals surface area (Å²) in [5.41, 5.74) is 0.583. The van der Waals surface area contributed by atoms with Gasteiger partial charge in [0.05, 0.1) is 17.9 Å². The number of benzene rings is 1. The lowest BCUT2D eigenvalue weighted by molar-refractivity contribution is -0.149. The second-order valence-electron chi connectivity index (χ2n) is 9.78. The zero-order valence-electron chi connectivity index (χ0n) is 21.1. The number of ether oxygens (including phenoxy) is 1. The third kappa shape index (κ3) is 4.18. The minimum absolute atomic E-state index is 0.0208. The van der Waals surface area contributed by atoms with Gasteiger partial charge in [-0.3, -0.25) is 14.4 Å². The molecule has 2 N–H and O–H groups in total. The van der Waals surface area contributed by atoms with Crippen LogP contribution in [0, 0.1) is 11.8 Å². The Labute approximate surface area is 212 Å². The van der Waals surface area contributed by atoms with Gasteiger partial charge in [0.15, 0.2) is 0 Å². The zero-order chi connectivity index (χ0) is 26.0. The van der Waals surface area contributed by atoms with Crippen molar-refractivity contribution in [3.05, 3.63) is 36.9 Å². The summed E-state index contributed by atoms with van der Waals surface area (Å²) in [6.07, 6.45) is 3.05. The van der Waals surface area contributed by atoms with E-state index in [0.717, 1.165) is 18.8 Å². The van der Waals surface area contributed by atoms with Gasteiger partial charge in [-0.05, 0) is 63.8 Å². The number of aliphatic hydroxyl groups is 1. The van der Waals surface area contributed by atoms with Crippen LogP contribution in [-0.2, 0) is 19.1 Å². The number of hydrogen-bond donors (Lipinski definition) is 2. The van der Waals surface area contributed by atoms with E-state index in [0.29, 0.717) is 31.4 Å². The molecule has 3 aliphatic heterocycles. The van der Waals surface area contributed by atoms with Gasteiger partial charge in [0.1, 0.15) is 11.6 Å². The summed E-state index contributed by atoms with van der Waals surface area (Å²) in [4.78, 5) is 45.3. The molecule has 9 nitrogen and oxygen atoms in total. The van der Waals surface area contributed by atoms with E-state index in [1.54, 1.807) is 11.0 Å². The van der Waals surface area contributed by atoms with E-state index in [9.17, 15) is 24.6 Å². The molecule has 4 rings (SSSR count). The molecule has 5 atom stereocenters. The number of aliphatic hydroxyl groups excluding tert-OH is 1. The molecule has 0 aliphatic carbocycles. The second-order valence-corrected chi connectivity index (χ2v) is 9.78. The Morgan fingerprint density at radius 1 is 1.19 bits per heavy atom. The molecule has 2 unspecified atom stereocenters. The van der Waals surface area contributed by atoms with Crippen LogP contribution in [-0.4, -0.2) is 83.4 Å². The normalized spacial score (nSPS) is 28.3. The lowest BCUT2D eigenvalue weighted by Gasteiger charge is -2.37.